The van der Waals surface area contributed by atoms with Crippen LogP contribution in [-0.4, -0.2) is 12.3 Å². The van der Waals surface area contributed by atoms with Gasteiger partial charge in [-0.25, -0.2) is 36.2 Å². The highest BCUT2D eigenvalue weighted by atomic mass is 20.0. The molecular formula is C25H21B2F11-2. The predicted molar refractivity (Wildman–Crippen MR) is 128 cm³/mol. The molecule has 13 heteroatoms. The molecule has 2 aromatic carbocycles. The van der Waals surface area contributed by atoms with E-state index in [0.717, 1.165) is 12.5 Å². The molecule has 0 atom stereocenters. The van der Waals surface area contributed by atoms with E-state index in [-0.39, 0.29) is 5.46 Å². The summed E-state index contributed by atoms with van der Waals surface area (Å²) in [4.78, 5) is 0. The minimum atomic E-state index is -2.65. The second-order valence-corrected chi connectivity index (χ2v) is 9.99. The summed E-state index contributed by atoms with van der Waals surface area (Å²) in [6.45, 7) is 9.68. The van der Waals surface area contributed by atoms with Gasteiger partial charge in [0.15, 0.2) is 17.5 Å². The van der Waals surface area contributed by atoms with Crippen LogP contribution in [0.15, 0.2) is 34.6 Å². The third-order valence-electron chi connectivity index (χ3n) is 6.37. The smallest absolute Gasteiger partial charge is 0.210 e. The fraction of sp³-hybridized carbons (Fsp3) is 0.280. The SMILES string of the molecule is CC(C)=C=C=C=C=C(F)F.Cc1c(F)c(F)c2c(c1F)[B-](C)(C)c1c(F)c(F)c(F)c(F)c1[B-]2(C)C.FF. The molecule has 0 aromatic heterocycles. The van der Waals surface area contributed by atoms with Crippen molar-refractivity contribution in [3.63, 3.8) is 0 Å². The molecule has 0 saturated heterocycles. The summed E-state index contributed by atoms with van der Waals surface area (Å²) in [6.07, 6.45) is -7.12. The van der Waals surface area contributed by atoms with E-state index in [1.165, 1.54) is 27.3 Å². The Labute approximate surface area is 212 Å². The molecule has 0 spiro atoms. The highest BCUT2D eigenvalue weighted by molar-refractivity contribution is 7.16. The Morgan fingerprint density at radius 1 is 0.526 bits per heavy atom. The monoisotopic (exact) mass is 552 g/mol. The Kier molecular flexibility index (Phi) is 10.3. The molecular weight excluding hydrogens is 531 g/mol. The van der Waals surface area contributed by atoms with Crippen LogP contribution in [0.3, 0.4) is 0 Å². The summed E-state index contributed by atoms with van der Waals surface area (Å²) < 4.78 is 139. The molecule has 3 rings (SSSR count). The summed E-state index contributed by atoms with van der Waals surface area (Å²) in [6, 6.07) is 0. The fourth-order valence-corrected chi connectivity index (χ4v) is 4.83. The maximum absolute atomic E-state index is 14.9. The number of rotatable bonds is 0. The van der Waals surface area contributed by atoms with Gasteiger partial charge in [-0.2, -0.15) is 52.5 Å². The molecule has 0 saturated carbocycles. The van der Waals surface area contributed by atoms with E-state index in [1.54, 1.807) is 19.6 Å². The zero-order valence-electron chi connectivity index (χ0n) is 21.3. The molecule has 0 nitrogen and oxygen atoms in total. The zero-order valence-corrected chi connectivity index (χ0v) is 21.3. The van der Waals surface area contributed by atoms with Crippen molar-refractivity contribution < 1.29 is 48.7 Å². The molecule has 0 N–H and O–H groups in total. The zero-order chi connectivity index (χ0) is 29.9. The van der Waals surface area contributed by atoms with E-state index in [4.69, 9.17) is 9.15 Å². The minimum absolute atomic E-state index is 0.316. The lowest BCUT2D eigenvalue weighted by Gasteiger charge is -2.54. The van der Waals surface area contributed by atoms with E-state index in [0.29, 0.717) is 0 Å². The second kappa shape index (κ2) is 12.0. The lowest BCUT2D eigenvalue weighted by atomic mass is 9.06. The number of benzene rings is 2. The summed E-state index contributed by atoms with van der Waals surface area (Å²) >= 11 is 0. The van der Waals surface area contributed by atoms with Gasteiger partial charge in [-0.05, 0) is 37.8 Å². The van der Waals surface area contributed by atoms with Crippen LogP contribution < -0.4 is 21.9 Å². The Morgan fingerprint density at radius 3 is 1.18 bits per heavy atom. The van der Waals surface area contributed by atoms with E-state index >= 15 is 0 Å². The van der Waals surface area contributed by atoms with Crippen molar-refractivity contribution in [3.8, 4) is 0 Å². The minimum Gasteiger partial charge on any atom is -0.210 e. The molecule has 0 unspecified atom stereocenters. The summed E-state index contributed by atoms with van der Waals surface area (Å²) in [5.41, 5.74) is 6.75. The molecule has 1 aliphatic rings. The molecule has 38 heavy (non-hydrogen) atoms. The van der Waals surface area contributed by atoms with Gasteiger partial charge in [0.1, 0.15) is 17.5 Å². The van der Waals surface area contributed by atoms with E-state index in [9.17, 15) is 39.5 Å². The normalized spacial score (nSPS) is 13.5. The van der Waals surface area contributed by atoms with Gasteiger partial charge in [0.05, 0.1) is 5.82 Å². The van der Waals surface area contributed by atoms with Crippen molar-refractivity contribution in [2.45, 2.75) is 48.1 Å². The van der Waals surface area contributed by atoms with Crippen LogP contribution in [0.1, 0.15) is 19.4 Å². The van der Waals surface area contributed by atoms with Gasteiger partial charge in [0.2, 0.25) is 0 Å². The van der Waals surface area contributed by atoms with E-state index in [1.807, 2.05) is 5.73 Å². The Hall–Kier alpha value is -3.34. The summed E-state index contributed by atoms with van der Waals surface area (Å²) in [7, 11) is 0. The van der Waals surface area contributed by atoms with Crippen LogP contribution in [-0.2, 0) is 0 Å². The lowest BCUT2D eigenvalue weighted by Crippen LogP contribution is -2.81. The summed E-state index contributed by atoms with van der Waals surface area (Å²) in [5.74, 6) is -11.2. The predicted octanol–water partition coefficient (Wildman–Crippen LogP) is 6.56. The largest absolute Gasteiger partial charge is 0.321 e. The van der Waals surface area contributed by atoms with Crippen LogP contribution in [0.2, 0.25) is 27.3 Å². The number of allylic oxidation sites excluding steroid dienone is 1. The molecule has 0 bridgehead atoms. The van der Waals surface area contributed by atoms with Gasteiger partial charge in [0.25, 0.3) is 0 Å². The van der Waals surface area contributed by atoms with Gasteiger partial charge in [-0.15, -0.1) is 0 Å². The van der Waals surface area contributed by atoms with Crippen LogP contribution >= 0.6 is 0 Å². The van der Waals surface area contributed by atoms with Crippen molar-refractivity contribution in [1.82, 2.24) is 0 Å². The first-order valence-electron chi connectivity index (χ1n) is 11.1. The van der Waals surface area contributed by atoms with Crippen LogP contribution in [0.25, 0.3) is 0 Å². The standard InChI is InChI=1S/C17H15B2F7.C8H6F2.F2/c1-6-11(20)7-8(13(22)12(6)21)19(4,5)10-9(18(7,2)3)14(23)16(25)17(26)15(10)24;1-7(2)5-3-4-6-8(9)10;1-2/h1-5H3;1-2H3;/q-2;;. The van der Waals surface area contributed by atoms with Gasteiger partial charge in [-0.3, -0.25) is 0 Å². The highest BCUT2D eigenvalue weighted by Gasteiger charge is 2.42. The van der Waals surface area contributed by atoms with Crippen molar-refractivity contribution in [3.05, 3.63) is 80.9 Å². The van der Waals surface area contributed by atoms with Gasteiger partial charge in [0, 0.05) is 32.7 Å². The van der Waals surface area contributed by atoms with Crippen LogP contribution in [0.5, 0.6) is 0 Å². The molecule has 0 amide bonds. The Morgan fingerprint density at radius 2 is 0.842 bits per heavy atom. The van der Waals surface area contributed by atoms with Crippen molar-refractivity contribution in [2.75, 3.05) is 0 Å². The quantitative estimate of drug-likeness (QED) is 0.114. The Balaban J connectivity index is 0.000000510. The second-order valence-electron chi connectivity index (χ2n) is 9.99. The van der Waals surface area contributed by atoms with E-state index < -0.39 is 81.0 Å². The lowest BCUT2D eigenvalue weighted by molar-refractivity contribution is 0.108. The van der Waals surface area contributed by atoms with Crippen LogP contribution in [0, 0.1) is 47.6 Å². The van der Waals surface area contributed by atoms with Crippen molar-refractivity contribution >= 4 is 34.1 Å². The molecule has 0 aliphatic carbocycles. The first-order valence-corrected chi connectivity index (χ1v) is 11.1. The molecule has 2 aromatic rings. The maximum Gasteiger partial charge on any atom is 0.321 e. The van der Waals surface area contributed by atoms with E-state index in [2.05, 4.69) is 11.5 Å². The number of halogens is 11. The third-order valence-corrected chi connectivity index (χ3v) is 6.37. The fourth-order valence-electron chi connectivity index (χ4n) is 4.83. The molecule has 206 valence electrons. The maximum atomic E-state index is 14.9. The topological polar surface area (TPSA) is 0 Å². The number of hydrogen-bond donors (Lipinski definition) is 0. The first-order chi connectivity index (χ1) is 17.4. The average molecular weight is 552 g/mol. The highest BCUT2D eigenvalue weighted by Crippen LogP contribution is 2.26. The van der Waals surface area contributed by atoms with Crippen molar-refractivity contribution in [2.24, 2.45) is 0 Å². The molecule has 0 fully saturated rings. The van der Waals surface area contributed by atoms with Gasteiger partial charge in [-0.1, -0.05) is 5.73 Å². The Bertz CT molecular complexity index is 1260. The molecule has 1 aliphatic heterocycles. The van der Waals surface area contributed by atoms with Crippen LogP contribution in [0.4, 0.5) is 48.7 Å². The first kappa shape index (κ1) is 32.7. The average Bonchev–Trinajstić information content (AvgIpc) is 2.83. The molecule has 1 heterocycles. The number of hydrogen-bond acceptors (Lipinski definition) is 0. The summed E-state index contributed by atoms with van der Waals surface area (Å²) in [5, 5.41) is 0. The van der Waals surface area contributed by atoms with Crippen molar-refractivity contribution in [1.29, 1.82) is 0 Å². The number of fused-ring (bicyclic) bond motifs is 2. The van der Waals surface area contributed by atoms with Gasteiger partial charge >= 0.3 is 6.08 Å². The third kappa shape index (κ3) is 5.72. The van der Waals surface area contributed by atoms with Gasteiger partial charge < -0.3 is 0 Å². The molecule has 0 radical (unpaired) electrons.